The molecule has 2 fully saturated rings. The van der Waals surface area contributed by atoms with Gasteiger partial charge in [-0.15, -0.1) is 0 Å². The standard InChI is InChI=1S/C29H36N4O4/c1-18(2)16-22(31-26(35)19-6-8-21(9-7-19)29(3,4)5)28(37)32-15-12-23-25(32)24(34)17-33(23)27(36)20-10-13-30-14-11-20/h6-11,13-14,18,22-23,25H,12,15-17H2,1-5H3,(H,31,35)/t22?,23-,25+/m1/s1. The monoisotopic (exact) mass is 504 g/mol. The van der Waals surface area contributed by atoms with Crippen LogP contribution in [0.1, 0.15) is 73.7 Å². The van der Waals surface area contributed by atoms with E-state index in [0.29, 0.717) is 30.5 Å². The van der Waals surface area contributed by atoms with Crippen LogP contribution < -0.4 is 5.32 Å². The van der Waals surface area contributed by atoms with Crippen LogP contribution in [0.25, 0.3) is 0 Å². The zero-order chi connectivity index (χ0) is 26.9. The third kappa shape index (κ3) is 5.58. The third-order valence-corrected chi connectivity index (χ3v) is 7.22. The van der Waals surface area contributed by atoms with Crippen LogP contribution in [-0.2, 0) is 15.0 Å². The van der Waals surface area contributed by atoms with Crippen molar-refractivity contribution in [1.82, 2.24) is 20.1 Å². The molecule has 196 valence electrons. The molecule has 1 aromatic heterocycles. The van der Waals surface area contributed by atoms with E-state index in [1.54, 1.807) is 46.5 Å². The van der Waals surface area contributed by atoms with Gasteiger partial charge in [0, 0.05) is 30.1 Å². The number of carbonyl (C=O) groups is 4. The molecular weight excluding hydrogens is 468 g/mol. The summed E-state index contributed by atoms with van der Waals surface area (Å²) in [4.78, 5) is 60.0. The zero-order valence-corrected chi connectivity index (χ0v) is 22.2. The fourth-order valence-electron chi connectivity index (χ4n) is 5.26. The number of hydrogen-bond donors (Lipinski definition) is 1. The summed E-state index contributed by atoms with van der Waals surface area (Å²) in [6, 6.07) is 8.87. The molecule has 1 unspecified atom stereocenters. The predicted molar refractivity (Wildman–Crippen MR) is 140 cm³/mol. The van der Waals surface area contributed by atoms with Crippen LogP contribution in [0.15, 0.2) is 48.8 Å². The molecule has 0 spiro atoms. The van der Waals surface area contributed by atoms with Gasteiger partial charge >= 0.3 is 0 Å². The molecule has 2 saturated heterocycles. The van der Waals surface area contributed by atoms with Crippen LogP contribution in [0.3, 0.4) is 0 Å². The van der Waals surface area contributed by atoms with Crippen molar-refractivity contribution in [2.45, 2.75) is 71.0 Å². The zero-order valence-electron chi connectivity index (χ0n) is 22.2. The molecule has 2 aliphatic heterocycles. The van der Waals surface area contributed by atoms with Crippen LogP contribution in [-0.4, -0.2) is 69.5 Å². The maximum Gasteiger partial charge on any atom is 0.254 e. The number of carbonyl (C=O) groups excluding carboxylic acids is 4. The fraction of sp³-hybridized carbons (Fsp3) is 0.483. The number of nitrogens with one attached hydrogen (secondary N) is 1. The number of rotatable bonds is 6. The number of pyridine rings is 1. The maximum absolute atomic E-state index is 13.7. The topological polar surface area (TPSA) is 99.7 Å². The van der Waals surface area contributed by atoms with Crippen LogP contribution >= 0.6 is 0 Å². The van der Waals surface area contributed by atoms with Crippen LogP contribution in [0.5, 0.6) is 0 Å². The minimum Gasteiger partial charge on any atom is -0.340 e. The molecule has 3 heterocycles. The van der Waals surface area contributed by atoms with Crippen molar-refractivity contribution in [3.05, 3.63) is 65.5 Å². The lowest BCUT2D eigenvalue weighted by atomic mass is 9.86. The van der Waals surface area contributed by atoms with E-state index in [2.05, 4.69) is 31.1 Å². The van der Waals surface area contributed by atoms with Gasteiger partial charge in [-0.05, 0) is 54.0 Å². The Bertz CT molecular complexity index is 1170. The number of benzene rings is 1. The van der Waals surface area contributed by atoms with E-state index < -0.39 is 12.1 Å². The number of ketones is 1. The molecule has 0 saturated carbocycles. The van der Waals surface area contributed by atoms with Gasteiger partial charge < -0.3 is 15.1 Å². The van der Waals surface area contributed by atoms with Gasteiger partial charge in [0.2, 0.25) is 5.91 Å². The number of hydrogen-bond acceptors (Lipinski definition) is 5. The molecule has 0 aliphatic carbocycles. The molecule has 3 amide bonds. The third-order valence-electron chi connectivity index (χ3n) is 7.22. The summed E-state index contributed by atoms with van der Waals surface area (Å²) in [5.74, 6) is -0.816. The Morgan fingerprint density at radius 1 is 1.00 bits per heavy atom. The van der Waals surface area contributed by atoms with E-state index in [1.807, 2.05) is 26.0 Å². The van der Waals surface area contributed by atoms with Crippen molar-refractivity contribution < 1.29 is 19.2 Å². The summed E-state index contributed by atoms with van der Waals surface area (Å²) >= 11 is 0. The molecule has 8 heteroatoms. The van der Waals surface area contributed by atoms with Crippen molar-refractivity contribution in [2.75, 3.05) is 13.1 Å². The van der Waals surface area contributed by atoms with Crippen molar-refractivity contribution >= 4 is 23.5 Å². The van der Waals surface area contributed by atoms with E-state index in [0.717, 1.165) is 5.56 Å². The lowest BCUT2D eigenvalue weighted by molar-refractivity contribution is -0.138. The second kappa shape index (κ2) is 10.4. The van der Waals surface area contributed by atoms with E-state index in [4.69, 9.17) is 0 Å². The Kier molecular flexibility index (Phi) is 7.48. The van der Waals surface area contributed by atoms with Crippen molar-refractivity contribution in [1.29, 1.82) is 0 Å². The molecule has 0 bridgehead atoms. The highest BCUT2D eigenvalue weighted by Gasteiger charge is 2.52. The number of nitrogens with zero attached hydrogens (tertiary/aromatic N) is 3. The Morgan fingerprint density at radius 2 is 1.65 bits per heavy atom. The van der Waals surface area contributed by atoms with E-state index in [1.165, 1.54) is 0 Å². The lowest BCUT2D eigenvalue weighted by Crippen LogP contribution is -2.53. The van der Waals surface area contributed by atoms with Crippen molar-refractivity contribution in [2.24, 2.45) is 5.92 Å². The van der Waals surface area contributed by atoms with Crippen LogP contribution in [0.2, 0.25) is 0 Å². The first-order valence-corrected chi connectivity index (χ1v) is 12.9. The maximum atomic E-state index is 13.7. The molecule has 2 aliphatic rings. The normalized spacial score (nSPS) is 20.2. The van der Waals surface area contributed by atoms with Crippen molar-refractivity contribution in [3.63, 3.8) is 0 Å². The summed E-state index contributed by atoms with van der Waals surface area (Å²) in [7, 11) is 0. The quantitative estimate of drug-likeness (QED) is 0.651. The number of likely N-dealkylation sites (tertiary alicyclic amines) is 2. The molecule has 0 radical (unpaired) electrons. The smallest absolute Gasteiger partial charge is 0.254 e. The number of amides is 3. The van der Waals surface area contributed by atoms with Gasteiger partial charge in [-0.1, -0.05) is 46.8 Å². The second-order valence-corrected chi connectivity index (χ2v) is 11.5. The Labute approximate surface area is 218 Å². The molecule has 37 heavy (non-hydrogen) atoms. The first-order chi connectivity index (χ1) is 17.5. The molecule has 2 aromatic rings. The summed E-state index contributed by atoms with van der Waals surface area (Å²) < 4.78 is 0. The molecule has 3 atom stereocenters. The van der Waals surface area contributed by atoms with Gasteiger partial charge in [0.25, 0.3) is 11.8 Å². The fourth-order valence-corrected chi connectivity index (χ4v) is 5.26. The van der Waals surface area contributed by atoms with Crippen molar-refractivity contribution in [3.8, 4) is 0 Å². The Balaban J connectivity index is 1.50. The van der Waals surface area contributed by atoms with E-state index in [9.17, 15) is 19.2 Å². The minimum atomic E-state index is -0.758. The molecule has 4 rings (SSSR count). The summed E-state index contributed by atoms with van der Waals surface area (Å²) in [5, 5.41) is 2.93. The SMILES string of the molecule is CC(C)CC(NC(=O)c1ccc(C(C)(C)C)cc1)C(=O)N1CC[C@@H]2[C@H]1C(=O)CN2C(=O)c1ccncc1. The Hall–Kier alpha value is -3.55. The van der Waals surface area contributed by atoms with Gasteiger partial charge in [0.15, 0.2) is 5.78 Å². The molecular formula is C29H36N4O4. The van der Waals surface area contributed by atoms with Crippen LogP contribution in [0, 0.1) is 5.92 Å². The lowest BCUT2D eigenvalue weighted by Gasteiger charge is -2.29. The largest absolute Gasteiger partial charge is 0.340 e. The first kappa shape index (κ1) is 26.5. The van der Waals surface area contributed by atoms with Crippen LogP contribution in [0.4, 0.5) is 0 Å². The van der Waals surface area contributed by atoms with Gasteiger partial charge in [0.05, 0.1) is 12.6 Å². The molecule has 1 N–H and O–H groups in total. The van der Waals surface area contributed by atoms with E-state index in [-0.39, 0.29) is 47.4 Å². The van der Waals surface area contributed by atoms with E-state index >= 15 is 0 Å². The second-order valence-electron chi connectivity index (χ2n) is 11.5. The van der Waals surface area contributed by atoms with Gasteiger partial charge in [-0.25, -0.2) is 0 Å². The average Bonchev–Trinajstić information content (AvgIpc) is 3.44. The Morgan fingerprint density at radius 3 is 2.24 bits per heavy atom. The minimum absolute atomic E-state index is 0.0262. The van der Waals surface area contributed by atoms with Gasteiger partial charge in [-0.2, -0.15) is 0 Å². The van der Waals surface area contributed by atoms with Gasteiger partial charge in [-0.3, -0.25) is 24.2 Å². The summed E-state index contributed by atoms with van der Waals surface area (Å²) in [6.45, 7) is 10.7. The first-order valence-electron chi connectivity index (χ1n) is 12.9. The number of fused-ring (bicyclic) bond motifs is 1. The number of Topliss-reactive ketones (excluding diaryl/α,β-unsaturated/α-hetero) is 1. The average molecular weight is 505 g/mol. The molecule has 8 nitrogen and oxygen atoms in total. The van der Waals surface area contributed by atoms with Gasteiger partial charge in [0.1, 0.15) is 12.1 Å². The number of aromatic nitrogens is 1. The summed E-state index contributed by atoms with van der Waals surface area (Å²) in [6.07, 6.45) is 4.06. The summed E-state index contributed by atoms with van der Waals surface area (Å²) in [5.41, 5.74) is 2.04. The highest BCUT2D eigenvalue weighted by atomic mass is 16.2. The predicted octanol–water partition coefficient (Wildman–Crippen LogP) is 3.22. The highest BCUT2D eigenvalue weighted by Crippen LogP contribution is 2.32. The molecule has 1 aromatic carbocycles. The highest BCUT2D eigenvalue weighted by molar-refractivity contribution is 6.03.